The third-order valence-electron chi connectivity index (χ3n) is 4.13. The van der Waals surface area contributed by atoms with E-state index in [1.807, 2.05) is 12.1 Å². The number of rotatable bonds is 8. The Kier molecular flexibility index (Phi) is 6.53. The van der Waals surface area contributed by atoms with Crippen LogP contribution in [0.1, 0.15) is 5.56 Å². The van der Waals surface area contributed by atoms with Gasteiger partial charge in [0.05, 0.1) is 13.4 Å². The summed E-state index contributed by atoms with van der Waals surface area (Å²) in [6.07, 6.45) is 1.08. The molecular weight excluding hydrogens is 426 g/mol. The number of nitrogens with one attached hydrogen (secondary N) is 3. The first kappa shape index (κ1) is 21.5. The number of aromatic nitrogens is 3. The van der Waals surface area contributed by atoms with Crippen LogP contribution in [0.3, 0.4) is 0 Å². The summed E-state index contributed by atoms with van der Waals surface area (Å²) < 4.78 is 32.2. The summed E-state index contributed by atoms with van der Waals surface area (Å²) in [5.74, 6) is 0.991. The Balaban J connectivity index is 1.68. The lowest BCUT2D eigenvalue weighted by Crippen LogP contribution is -2.27. The summed E-state index contributed by atoms with van der Waals surface area (Å²) in [5, 5.41) is 9.74. The molecule has 0 aliphatic heterocycles. The van der Waals surface area contributed by atoms with Gasteiger partial charge in [0.2, 0.25) is 15.9 Å². The van der Waals surface area contributed by atoms with Crippen molar-refractivity contribution in [1.82, 2.24) is 20.1 Å². The summed E-state index contributed by atoms with van der Waals surface area (Å²) in [5.41, 5.74) is 1.97. The lowest BCUT2D eigenvalue weighted by molar-refractivity contribution is -0.121. The van der Waals surface area contributed by atoms with Crippen LogP contribution in [-0.4, -0.2) is 42.5 Å². The molecule has 1 heterocycles. The van der Waals surface area contributed by atoms with Crippen molar-refractivity contribution in [2.45, 2.75) is 13.1 Å². The van der Waals surface area contributed by atoms with E-state index in [2.05, 4.69) is 20.2 Å². The van der Waals surface area contributed by atoms with Crippen molar-refractivity contribution < 1.29 is 17.9 Å². The SMILES string of the molecule is COc1ccc(-c2n[nH]c(=S)n2CC(=O)NCc2cccc(NS(C)(=O)=O)c2)cc1. The Morgan fingerprint density at radius 3 is 2.63 bits per heavy atom. The largest absolute Gasteiger partial charge is 0.497 e. The molecule has 2 aromatic carbocycles. The molecule has 0 saturated heterocycles. The van der Waals surface area contributed by atoms with Crippen LogP contribution in [0.5, 0.6) is 5.75 Å². The highest BCUT2D eigenvalue weighted by molar-refractivity contribution is 7.92. The Labute approximate surface area is 179 Å². The van der Waals surface area contributed by atoms with E-state index < -0.39 is 10.0 Å². The van der Waals surface area contributed by atoms with Crippen LogP contribution >= 0.6 is 12.2 Å². The fourth-order valence-corrected chi connectivity index (χ4v) is 3.54. The number of hydrogen-bond acceptors (Lipinski definition) is 6. The fourth-order valence-electron chi connectivity index (χ4n) is 2.78. The van der Waals surface area contributed by atoms with Crippen LogP contribution in [0.4, 0.5) is 5.69 Å². The number of benzene rings is 2. The second kappa shape index (κ2) is 9.09. The maximum atomic E-state index is 12.5. The lowest BCUT2D eigenvalue weighted by atomic mass is 10.2. The molecule has 3 aromatic rings. The second-order valence-corrected chi connectivity index (χ2v) is 8.65. The first-order chi connectivity index (χ1) is 14.2. The highest BCUT2D eigenvalue weighted by Crippen LogP contribution is 2.21. The van der Waals surface area contributed by atoms with Gasteiger partial charge in [0.1, 0.15) is 12.3 Å². The Hall–Kier alpha value is -3.18. The molecule has 0 aliphatic carbocycles. The zero-order valence-corrected chi connectivity index (χ0v) is 18.0. The average Bonchev–Trinajstić information content (AvgIpc) is 3.06. The predicted molar refractivity (Wildman–Crippen MR) is 116 cm³/mol. The number of ether oxygens (including phenoxy) is 1. The van der Waals surface area contributed by atoms with Crippen molar-refractivity contribution in [3.63, 3.8) is 0 Å². The molecule has 0 fully saturated rings. The van der Waals surface area contributed by atoms with Crippen LogP contribution in [0.25, 0.3) is 11.4 Å². The summed E-state index contributed by atoms with van der Waals surface area (Å²) >= 11 is 5.26. The quantitative estimate of drug-likeness (QED) is 0.456. The molecule has 158 valence electrons. The molecule has 9 nitrogen and oxygen atoms in total. The van der Waals surface area contributed by atoms with E-state index in [1.165, 1.54) is 0 Å². The van der Waals surface area contributed by atoms with Gasteiger partial charge in [0.15, 0.2) is 10.6 Å². The molecule has 0 bridgehead atoms. The van der Waals surface area contributed by atoms with E-state index in [1.54, 1.807) is 48.1 Å². The zero-order valence-electron chi connectivity index (χ0n) is 16.4. The van der Waals surface area contributed by atoms with Gasteiger partial charge in [0, 0.05) is 17.8 Å². The third kappa shape index (κ3) is 5.67. The molecule has 30 heavy (non-hydrogen) atoms. The van der Waals surface area contributed by atoms with Crippen molar-refractivity contribution in [3.8, 4) is 17.1 Å². The summed E-state index contributed by atoms with van der Waals surface area (Å²) in [6.45, 7) is 0.221. The molecule has 0 unspecified atom stereocenters. The molecule has 0 atom stereocenters. The summed E-state index contributed by atoms with van der Waals surface area (Å²) in [4.78, 5) is 12.5. The van der Waals surface area contributed by atoms with Crippen LogP contribution in [-0.2, 0) is 27.9 Å². The number of aromatic amines is 1. The van der Waals surface area contributed by atoms with Crippen LogP contribution in [0.15, 0.2) is 48.5 Å². The monoisotopic (exact) mass is 447 g/mol. The van der Waals surface area contributed by atoms with E-state index in [9.17, 15) is 13.2 Å². The van der Waals surface area contributed by atoms with E-state index in [4.69, 9.17) is 17.0 Å². The molecule has 0 aliphatic rings. The smallest absolute Gasteiger partial charge is 0.240 e. The minimum atomic E-state index is -3.37. The molecule has 0 saturated carbocycles. The van der Waals surface area contributed by atoms with E-state index >= 15 is 0 Å². The molecule has 0 spiro atoms. The zero-order chi connectivity index (χ0) is 21.7. The highest BCUT2D eigenvalue weighted by Gasteiger charge is 2.13. The molecule has 3 rings (SSSR count). The Bertz CT molecular complexity index is 1200. The van der Waals surface area contributed by atoms with Gasteiger partial charge in [-0.1, -0.05) is 12.1 Å². The minimum absolute atomic E-state index is 0.0159. The Morgan fingerprint density at radius 2 is 1.97 bits per heavy atom. The van der Waals surface area contributed by atoms with Gasteiger partial charge in [-0.05, 0) is 54.2 Å². The van der Waals surface area contributed by atoms with Crippen molar-refractivity contribution in [3.05, 3.63) is 58.9 Å². The van der Waals surface area contributed by atoms with Gasteiger partial charge < -0.3 is 10.1 Å². The molecule has 0 radical (unpaired) electrons. The molecule has 3 N–H and O–H groups in total. The topological polar surface area (TPSA) is 118 Å². The second-order valence-electron chi connectivity index (χ2n) is 6.52. The first-order valence-corrected chi connectivity index (χ1v) is 11.2. The molecule has 11 heteroatoms. The van der Waals surface area contributed by atoms with Gasteiger partial charge >= 0.3 is 0 Å². The number of H-pyrrole nitrogens is 1. The standard InChI is InChI=1S/C19H21N5O4S2/c1-28-16-8-6-14(7-9-16)18-21-22-19(29)24(18)12-17(25)20-11-13-4-3-5-15(10-13)23-30(2,26)27/h3-10,23H,11-12H2,1-2H3,(H,20,25)(H,22,29). The van der Waals surface area contributed by atoms with Crippen molar-refractivity contribution >= 4 is 33.8 Å². The Morgan fingerprint density at radius 1 is 1.23 bits per heavy atom. The molecular formula is C19H21N5O4S2. The first-order valence-electron chi connectivity index (χ1n) is 8.88. The van der Waals surface area contributed by atoms with Crippen molar-refractivity contribution in [2.75, 3.05) is 18.1 Å². The number of nitrogens with zero attached hydrogens (tertiary/aromatic N) is 2. The number of amides is 1. The highest BCUT2D eigenvalue weighted by atomic mass is 32.2. The van der Waals surface area contributed by atoms with Crippen molar-refractivity contribution in [1.29, 1.82) is 0 Å². The predicted octanol–water partition coefficient (Wildman–Crippen LogP) is 2.30. The third-order valence-corrected chi connectivity index (χ3v) is 5.05. The maximum Gasteiger partial charge on any atom is 0.240 e. The van der Waals surface area contributed by atoms with E-state index in [0.29, 0.717) is 22.0 Å². The molecule has 1 amide bonds. The summed E-state index contributed by atoms with van der Waals surface area (Å²) in [7, 11) is -1.78. The number of anilines is 1. The minimum Gasteiger partial charge on any atom is -0.497 e. The maximum absolute atomic E-state index is 12.5. The number of carbonyl (C=O) groups excluding carboxylic acids is 1. The van der Waals surface area contributed by atoms with Gasteiger partial charge in [-0.2, -0.15) is 5.10 Å². The number of hydrogen-bond donors (Lipinski definition) is 3. The van der Waals surface area contributed by atoms with Crippen LogP contribution in [0, 0.1) is 4.77 Å². The van der Waals surface area contributed by atoms with Gasteiger partial charge in [-0.3, -0.25) is 19.2 Å². The van der Waals surface area contributed by atoms with Crippen LogP contribution < -0.4 is 14.8 Å². The van der Waals surface area contributed by atoms with Gasteiger partial charge in [-0.25, -0.2) is 8.42 Å². The normalized spacial score (nSPS) is 11.1. The van der Waals surface area contributed by atoms with E-state index in [0.717, 1.165) is 17.4 Å². The van der Waals surface area contributed by atoms with Gasteiger partial charge in [0.25, 0.3) is 0 Å². The molecule has 1 aromatic heterocycles. The number of carbonyl (C=O) groups is 1. The van der Waals surface area contributed by atoms with Crippen molar-refractivity contribution in [2.24, 2.45) is 0 Å². The van der Waals surface area contributed by atoms with E-state index in [-0.39, 0.29) is 19.0 Å². The van der Waals surface area contributed by atoms with Crippen LogP contribution in [0.2, 0.25) is 0 Å². The number of methoxy groups -OCH3 is 1. The summed E-state index contributed by atoms with van der Waals surface area (Å²) in [6, 6.07) is 14.1. The average molecular weight is 448 g/mol. The van der Waals surface area contributed by atoms with Gasteiger partial charge in [-0.15, -0.1) is 0 Å². The lowest BCUT2D eigenvalue weighted by Gasteiger charge is -2.10. The fraction of sp³-hybridized carbons (Fsp3) is 0.211. The number of sulfonamides is 1.